The van der Waals surface area contributed by atoms with E-state index in [9.17, 15) is 9.59 Å². The Labute approximate surface area is 150 Å². The number of amides is 1. The van der Waals surface area contributed by atoms with Gasteiger partial charge in [0.2, 0.25) is 5.91 Å². The minimum atomic E-state index is -0.0675. The van der Waals surface area contributed by atoms with Gasteiger partial charge in [-0.25, -0.2) is 0 Å². The predicted molar refractivity (Wildman–Crippen MR) is 103 cm³/mol. The molecule has 1 unspecified atom stereocenters. The zero-order valence-corrected chi connectivity index (χ0v) is 15.2. The van der Waals surface area contributed by atoms with Crippen molar-refractivity contribution in [1.29, 1.82) is 0 Å². The Morgan fingerprint density at radius 1 is 1.04 bits per heavy atom. The van der Waals surface area contributed by atoms with Gasteiger partial charge in [0.1, 0.15) is 5.78 Å². The van der Waals surface area contributed by atoms with E-state index in [1.54, 1.807) is 14.0 Å². The zero-order chi connectivity index (χ0) is 18.1. The molecule has 0 spiro atoms. The first-order valence-corrected chi connectivity index (χ1v) is 9.03. The number of unbranched alkanes of at least 4 members (excludes halogenated alkanes) is 1. The number of fused-ring (bicyclic) bond motifs is 1. The molecule has 0 aliphatic rings. The number of aryl methyl sites for hydroxylation is 1. The predicted octanol–water partition coefficient (Wildman–Crippen LogP) is 3.24. The summed E-state index contributed by atoms with van der Waals surface area (Å²) < 4.78 is 0. The van der Waals surface area contributed by atoms with Crippen molar-refractivity contribution in [2.45, 2.75) is 45.1 Å². The molecule has 2 aromatic carbocycles. The van der Waals surface area contributed by atoms with Gasteiger partial charge in [-0.3, -0.25) is 9.59 Å². The molecule has 1 atom stereocenters. The molecule has 2 N–H and O–H groups in total. The summed E-state index contributed by atoms with van der Waals surface area (Å²) >= 11 is 0. The number of likely N-dealkylation sites (N-methyl/N-ethyl adjacent to an activating group) is 1. The van der Waals surface area contributed by atoms with Crippen LogP contribution in [0.4, 0.5) is 0 Å². The van der Waals surface area contributed by atoms with Crippen LogP contribution in [0.15, 0.2) is 42.5 Å². The molecule has 0 saturated heterocycles. The second-order valence-electron chi connectivity index (χ2n) is 6.44. The van der Waals surface area contributed by atoms with Crippen molar-refractivity contribution in [2.75, 3.05) is 13.6 Å². The highest BCUT2D eigenvalue weighted by molar-refractivity contribution is 5.86. The normalized spacial score (nSPS) is 12.1. The lowest BCUT2D eigenvalue weighted by Crippen LogP contribution is -2.32. The van der Waals surface area contributed by atoms with Crippen LogP contribution in [0.5, 0.6) is 0 Å². The molecule has 0 heterocycles. The average Bonchev–Trinajstić information content (AvgIpc) is 2.62. The van der Waals surface area contributed by atoms with Gasteiger partial charge in [0.25, 0.3) is 0 Å². The van der Waals surface area contributed by atoms with Gasteiger partial charge in [0, 0.05) is 13.0 Å². The number of hydrogen-bond donors (Lipinski definition) is 2. The Bertz CT molecular complexity index is 707. The molecular formula is C21H28N2O2. The quantitative estimate of drug-likeness (QED) is 0.653. The lowest BCUT2D eigenvalue weighted by atomic mass is 10.0. The molecule has 0 bridgehead atoms. The van der Waals surface area contributed by atoms with E-state index in [-0.39, 0.29) is 17.7 Å². The highest BCUT2D eigenvalue weighted by Crippen LogP contribution is 2.19. The maximum absolute atomic E-state index is 12.0. The van der Waals surface area contributed by atoms with Crippen LogP contribution >= 0.6 is 0 Å². The third-order valence-electron chi connectivity index (χ3n) is 4.58. The smallest absolute Gasteiger partial charge is 0.220 e. The number of benzene rings is 2. The van der Waals surface area contributed by atoms with Crippen LogP contribution in [0.25, 0.3) is 10.8 Å². The van der Waals surface area contributed by atoms with E-state index in [0.717, 1.165) is 25.7 Å². The van der Waals surface area contributed by atoms with Gasteiger partial charge in [0.15, 0.2) is 0 Å². The van der Waals surface area contributed by atoms with Crippen molar-refractivity contribution in [3.63, 3.8) is 0 Å². The topological polar surface area (TPSA) is 58.2 Å². The van der Waals surface area contributed by atoms with Gasteiger partial charge in [-0.05, 0) is 56.0 Å². The summed E-state index contributed by atoms with van der Waals surface area (Å²) in [7, 11) is 1.81. The summed E-state index contributed by atoms with van der Waals surface area (Å²) in [6.45, 7) is 2.28. The SMILES string of the molecule is CNC(CCCCNC(=O)CCc1cccc2ccccc12)C(C)=O. The van der Waals surface area contributed by atoms with E-state index in [0.29, 0.717) is 13.0 Å². The summed E-state index contributed by atoms with van der Waals surface area (Å²) in [5.41, 5.74) is 1.21. The van der Waals surface area contributed by atoms with Crippen LogP contribution in [0.3, 0.4) is 0 Å². The Morgan fingerprint density at radius 2 is 1.80 bits per heavy atom. The fourth-order valence-corrected chi connectivity index (χ4v) is 3.10. The largest absolute Gasteiger partial charge is 0.356 e. The van der Waals surface area contributed by atoms with Gasteiger partial charge in [0.05, 0.1) is 6.04 Å². The van der Waals surface area contributed by atoms with Gasteiger partial charge in [-0.2, -0.15) is 0 Å². The lowest BCUT2D eigenvalue weighted by molar-refractivity contribution is -0.121. The van der Waals surface area contributed by atoms with Gasteiger partial charge >= 0.3 is 0 Å². The first-order valence-electron chi connectivity index (χ1n) is 9.03. The van der Waals surface area contributed by atoms with Crippen LogP contribution in [0, 0.1) is 0 Å². The number of carbonyl (C=O) groups is 2. The molecule has 0 aliphatic heterocycles. The van der Waals surface area contributed by atoms with Crippen molar-refractivity contribution in [3.8, 4) is 0 Å². The van der Waals surface area contributed by atoms with E-state index in [1.807, 2.05) is 18.2 Å². The molecule has 0 aromatic heterocycles. The van der Waals surface area contributed by atoms with E-state index in [1.165, 1.54) is 16.3 Å². The van der Waals surface area contributed by atoms with Crippen LogP contribution < -0.4 is 10.6 Å². The fourth-order valence-electron chi connectivity index (χ4n) is 3.10. The second kappa shape index (κ2) is 9.94. The summed E-state index contributed by atoms with van der Waals surface area (Å²) in [4.78, 5) is 23.4. The monoisotopic (exact) mass is 340 g/mol. The molecule has 0 saturated carbocycles. The maximum Gasteiger partial charge on any atom is 0.220 e. The number of Topliss-reactive ketones (excluding diaryl/α,β-unsaturated/α-hetero) is 1. The summed E-state index contributed by atoms with van der Waals surface area (Å²) in [6, 6.07) is 14.4. The molecule has 25 heavy (non-hydrogen) atoms. The Hall–Kier alpha value is -2.20. The molecule has 0 aliphatic carbocycles. The molecule has 0 fully saturated rings. The highest BCUT2D eigenvalue weighted by Gasteiger charge is 2.10. The van der Waals surface area contributed by atoms with Crippen LogP contribution in [-0.2, 0) is 16.0 Å². The standard InChI is InChI=1S/C21H28N2O2/c1-16(24)20(22-2)12-5-6-15-23-21(25)14-13-18-10-7-9-17-8-3-4-11-19(17)18/h3-4,7-11,20,22H,5-6,12-15H2,1-2H3,(H,23,25). The number of rotatable bonds is 10. The van der Waals surface area contributed by atoms with Crippen molar-refractivity contribution >= 4 is 22.5 Å². The van der Waals surface area contributed by atoms with E-state index < -0.39 is 0 Å². The minimum absolute atomic E-state index is 0.0675. The van der Waals surface area contributed by atoms with E-state index >= 15 is 0 Å². The molecule has 0 radical (unpaired) electrons. The molecule has 134 valence electrons. The maximum atomic E-state index is 12.0. The molecule has 2 aromatic rings. The second-order valence-corrected chi connectivity index (χ2v) is 6.44. The Morgan fingerprint density at radius 3 is 2.56 bits per heavy atom. The third kappa shape index (κ3) is 5.98. The minimum Gasteiger partial charge on any atom is -0.356 e. The van der Waals surface area contributed by atoms with Gasteiger partial charge in [-0.15, -0.1) is 0 Å². The molecule has 1 amide bonds. The fraction of sp³-hybridized carbons (Fsp3) is 0.429. The number of carbonyl (C=O) groups excluding carboxylic acids is 2. The van der Waals surface area contributed by atoms with Crippen LogP contribution in [0.2, 0.25) is 0 Å². The average molecular weight is 340 g/mol. The van der Waals surface area contributed by atoms with Crippen LogP contribution in [0.1, 0.15) is 38.2 Å². The molecule has 4 nitrogen and oxygen atoms in total. The lowest BCUT2D eigenvalue weighted by Gasteiger charge is -2.12. The number of nitrogens with one attached hydrogen (secondary N) is 2. The summed E-state index contributed by atoms with van der Waals surface area (Å²) in [5, 5.41) is 8.43. The number of hydrogen-bond acceptors (Lipinski definition) is 3. The third-order valence-corrected chi connectivity index (χ3v) is 4.58. The highest BCUT2D eigenvalue weighted by atomic mass is 16.1. The zero-order valence-electron chi connectivity index (χ0n) is 15.2. The van der Waals surface area contributed by atoms with E-state index in [4.69, 9.17) is 0 Å². The number of ketones is 1. The Balaban J connectivity index is 1.70. The van der Waals surface area contributed by atoms with Crippen molar-refractivity contribution in [3.05, 3.63) is 48.0 Å². The van der Waals surface area contributed by atoms with E-state index in [2.05, 4.69) is 34.9 Å². The van der Waals surface area contributed by atoms with Gasteiger partial charge < -0.3 is 10.6 Å². The van der Waals surface area contributed by atoms with Crippen molar-refractivity contribution in [1.82, 2.24) is 10.6 Å². The van der Waals surface area contributed by atoms with Crippen molar-refractivity contribution in [2.24, 2.45) is 0 Å². The first-order chi connectivity index (χ1) is 12.1. The summed E-state index contributed by atoms with van der Waals surface area (Å²) in [5.74, 6) is 0.256. The molecule has 2 rings (SSSR count). The molecule has 4 heteroatoms. The van der Waals surface area contributed by atoms with Crippen LogP contribution in [-0.4, -0.2) is 31.3 Å². The summed E-state index contributed by atoms with van der Waals surface area (Å²) in [6.07, 6.45) is 3.89. The Kier molecular flexibility index (Phi) is 7.61. The molecular weight excluding hydrogens is 312 g/mol. The first kappa shape index (κ1) is 19.1. The van der Waals surface area contributed by atoms with Gasteiger partial charge in [-0.1, -0.05) is 42.5 Å². The van der Waals surface area contributed by atoms with Crippen molar-refractivity contribution < 1.29 is 9.59 Å².